The second-order valence-electron chi connectivity index (χ2n) is 11.3. The Kier molecular flexibility index (Phi) is 5.50. The quantitative estimate of drug-likeness (QED) is 0.217. The van der Waals surface area contributed by atoms with E-state index in [2.05, 4.69) is 152 Å². The molecule has 1 aliphatic heterocycles. The summed E-state index contributed by atoms with van der Waals surface area (Å²) in [6.45, 7) is 7.10. The average molecular weight is 519 g/mol. The molecule has 0 bridgehead atoms. The number of hydrogen-bond donors (Lipinski definition) is 0. The van der Waals surface area contributed by atoms with Crippen LogP contribution in [0, 0.1) is 0 Å². The largest absolute Gasteiger partial charge is 0.309 e. The zero-order chi connectivity index (χ0) is 26.6. The molecule has 0 amide bonds. The number of fused-ring (bicyclic) bond motifs is 6. The lowest BCUT2D eigenvalue weighted by Crippen LogP contribution is -2.37. The van der Waals surface area contributed by atoms with Gasteiger partial charge in [-0.05, 0) is 63.5 Å². The molecule has 1 aromatic heterocycles. The van der Waals surface area contributed by atoms with Crippen molar-refractivity contribution in [3.05, 3.63) is 128 Å². The zero-order valence-corrected chi connectivity index (χ0v) is 23.5. The van der Waals surface area contributed by atoms with Crippen LogP contribution in [0.15, 0.2) is 128 Å². The van der Waals surface area contributed by atoms with Gasteiger partial charge in [0.2, 0.25) is 0 Å². The SMILES string of the molecule is C[Si](C)(C)c1ccc(-c2cccc3cc4c(cc23)-c2ccccc2-c2ccccc2N4c2ccccc2)nc1. The number of para-hydroxylation sites is 2. The molecule has 3 heteroatoms. The van der Waals surface area contributed by atoms with Crippen molar-refractivity contribution < 1.29 is 0 Å². The molecule has 39 heavy (non-hydrogen) atoms. The van der Waals surface area contributed by atoms with Crippen LogP contribution in [0.4, 0.5) is 17.1 Å². The van der Waals surface area contributed by atoms with E-state index in [0.29, 0.717) is 0 Å². The van der Waals surface area contributed by atoms with Crippen molar-refractivity contribution in [2.24, 2.45) is 0 Å². The fourth-order valence-corrected chi connectivity index (χ4v) is 6.80. The highest BCUT2D eigenvalue weighted by Crippen LogP contribution is 2.51. The van der Waals surface area contributed by atoms with E-state index in [4.69, 9.17) is 4.98 Å². The van der Waals surface area contributed by atoms with Crippen molar-refractivity contribution >= 4 is 41.1 Å². The minimum absolute atomic E-state index is 1.02. The highest BCUT2D eigenvalue weighted by Gasteiger charge is 2.26. The van der Waals surface area contributed by atoms with Gasteiger partial charge in [0, 0.05) is 28.6 Å². The fourth-order valence-electron chi connectivity index (χ4n) is 5.77. The maximum atomic E-state index is 4.96. The molecule has 0 saturated heterocycles. The topological polar surface area (TPSA) is 16.1 Å². The van der Waals surface area contributed by atoms with Crippen molar-refractivity contribution in [3.8, 4) is 33.5 Å². The Morgan fingerprint density at radius 2 is 1.21 bits per heavy atom. The van der Waals surface area contributed by atoms with Gasteiger partial charge in [-0.1, -0.05) is 105 Å². The minimum Gasteiger partial charge on any atom is -0.309 e. The van der Waals surface area contributed by atoms with Crippen LogP contribution in [0.2, 0.25) is 19.6 Å². The third-order valence-electron chi connectivity index (χ3n) is 7.81. The highest BCUT2D eigenvalue weighted by atomic mass is 28.3. The van der Waals surface area contributed by atoms with Crippen molar-refractivity contribution in [1.82, 2.24) is 4.98 Å². The van der Waals surface area contributed by atoms with Crippen LogP contribution in [0.5, 0.6) is 0 Å². The maximum absolute atomic E-state index is 4.96. The van der Waals surface area contributed by atoms with Crippen LogP contribution < -0.4 is 10.1 Å². The third-order valence-corrected chi connectivity index (χ3v) is 9.84. The van der Waals surface area contributed by atoms with Gasteiger partial charge in [0.15, 0.2) is 0 Å². The second-order valence-corrected chi connectivity index (χ2v) is 16.4. The first-order valence-corrected chi connectivity index (χ1v) is 17.1. The molecule has 2 nitrogen and oxygen atoms in total. The van der Waals surface area contributed by atoms with Crippen molar-refractivity contribution in [2.45, 2.75) is 19.6 Å². The predicted molar refractivity (Wildman–Crippen MR) is 169 cm³/mol. The molecule has 1 aliphatic rings. The van der Waals surface area contributed by atoms with Gasteiger partial charge < -0.3 is 4.90 Å². The molecule has 5 aromatic carbocycles. The van der Waals surface area contributed by atoms with Crippen molar-refractivity contribution in [2.75, 3.05) is 4.90 Å². The Bertz CT molecular complexity index is 1830. The standard InChI is InChI=1S/C36H30N2Si/c1-39(2,3)27-20-21-34(37-24-27)30-18-11-12-25-22-36-33(23-32(25)30)29-16-8-7-15-28(29)31-17-9-10-19-35(31)38(36)26-13-5-4-6-14-26/h4-24H,1-3H3. The summed E-state index contributed by atoms with van der Waals surface area (Å²) in [7, 11) is -1.41. The number of nitrogens with zero attached hydrogens (tertiary/aromatic N) is 2. The molecule has 0 atom stereocenters. The normalized spacial score (nSPS) is 12.4. The van der Waals surface area contributed by atoms with Crippen LogP contribution in [-0.2, 0) is 0 Å². The molecular formula is C36H30N2Si. The Balaban J connectivity index is 1.53. The molecular weight excluding hydrogens is 488 g/mol. The molecule has 0 aliphatic carbocycles. The molecule has 0 unspecified atom stereocenters. The van der Waals surface area contributed by atoms with Crippen LogP contribution in [0.3, 0.4) is 0 Å². The third kappa shape index (κ3) is 3.98. The maximum Gasteiger partial charge on any atom is 0.0796 e. The summed E-state index contributed by atoms with van der Waals surface area (Å²) >= 11 is 0. The van der Waals surface area contributed by atoms with Crippen LogP contribution >= 0.6 is 0 Å². The molecule has 188 valence electrons. The smallest absolute Gasteiger partial charge is 0.0796 e. The van der Waals surface area contributed by atoms with Crippen LogP contribution in [-0.4, -0.2) is 13.1 Å². The van der Waals surface area contributed by atoms with Crippen LogP contribution in [0.25, 0.3) is 44.3 Å². The molecule has 0 spiro atoms. The highest BCUT2D eigenvalue weighted by molar-refractivity contribution is 6.88. The van der Waals surface area contributed by atoms with Gasteiger partial charge in [-0.3, -0.25) is 4.98 Å². The molecule has 2 heterocycles. The summed E-state index contributed by atoms with van der Waals surface area (Å²) in [4.78, 5) is 7.37. The Morgan fingerprint density at radius 1 is 0.538 bits per heavy atom. The monoisotopic (exact) mass is 518 g/mol. The molecule has 7 rings (SSSR count). The second kappa shape index (κ2) is 9.07. The lowest BCUT2D eigenvalue weighted by atomic mass is 9.91. The van der Waals surface area contributed by atoms with Crippen molar-refractivity contribution in [1.29, 1.82) is 0 Å². The summed E-state index contributed by atoms with van der Waals surface area (Å²) in [5.74, 6) is 0. The number of anilines is 3. The Labute approximate surface area is 231 Å². The van der Waals surface area contributed by atoms with E-state index in [-0.39, 0.29) is 0 Å². The average Bonchev–Trinajstić information content (AvgIpc) is 3.08. The van der Waals surface area contributed by atoms with E-state index in [0.717, 1.165) is 11.4 Å². The zero-order valence-electron chi connectivity index (χ0n) is 22.5. The van der Waals surface area contributed by atoms with Gasteiger partial charge in [0.05, 0.1) is 25.1 Å². The van der Waals surface area contributed by atoms with Gasteiger partial charge in [-0.25, -0.2) is 0 Å². The summed E-state index contributed by atoms with van der Waals surface area (Å²) in [5, 5.41) is 3.81. The van der Waals surface area contributed by atoms with E-state index in [1.54, 1.807) is 0 Å². The first-order valence-electron chi connectivity index (χ1n) is 13.6. The lowest BCUT2D eigenvalue weighted by Gasteiger charge is -2.27. The molecule has 0 radical (unpaired) electrons. The first kappa shape index (κ1) is 23.6. The summed E-state index contributed by atoms with van der Waals surface area (Å²) in [5.41, 5.74) is 10.7. The minimum atomic E-state index is -1.41. The van der Waals surface area contributed by atoms with E-state index in [1.165, 1.54) is 55.2 Å². The van der Waals surface area contributed by atoms with E-state index < -0.39 is 8.07 Å². The molecule has 0 fully saturated rings. The Hall–Kier alpha value is -4.47. The van der Waals surface area contributed by atoms with Gasteiger partial charge in [0.25, 0.3) is 0 Å². The van der Waals surface area contributed by atoms with E-state index >= 15 is 0 Å². The summed E-state index contributed by atoms with van der Waals surface area (Å²) < 4.78 is 0. The Morgan fingerprint density at radius 3 is 1.92 bits per heavy atom. The fraction of sp³-hybridized carbons (Fsp3) is 0.0833. The van der Waals surface area contributed by atoms with Crippen molar-refractivity contribution in [3.63, 3.8) is 0 Å². The van der Waals surface area contributed by atoms with E-state index in [9.17, 15) is 0 Å². The van der Waals surface area contributed by atoms with Gasteiger partial charge in [-0.15, -0.1) is 0 Å². The molecule has 0 saturated carbocycles. The van der Waals surface area contributed by atoms with Gasteiger partial charge in [-0.2, -0.15) is 0 Å². The van der Waals surface area contributed by atoms with Gasteiger partial charge in [0.1, 0.15) is 0 Å². The number of pyridine rings is 1. The van der Waals surface area contributed by atoms with E-state index in [1.807, 2.05) is 0 Å². The predicted octanol–water partition coefficient (Wildman–Crippen LogP) is 9.56. The number of rotatable bonds is 3. The number of aromatic nitrogens is 1. The van der Waals surface area contributed by atoms with Crippen LogP contribution in [0.1, 0.15) is 0 Å². The summed E-state index contributed by atoms with van der Waals surface area (Å²) in [6, 6.07) is 44.1. The lowest BCUT2D eigenvalue weighted by molar-refractivity contribution is 1.30. The van der Waals surface area contributed by atoms with Gasteiger partial charge >= 0.3 is 0 Å². The molecule has 0 N–H and O–H groups in total. The first-order chi connectivity index (χ1) is 19.0. The number of benzene rings is 5. The number of hydrogen-bond acceptors (Lipinski definition) is 2. The summed E-state index contributed by atoms with van der Waals surface area (Å²) in [6.07, 6.45) is 2.09. The molecule has 6 aromatic rings.